The summed E-state index contributed by atoms with van der Waals surface area (Å²) in [4.78, 5) is 28.4. The molecule has 1 aliphatic rings. The predicted molar refractivity (Wildman–Crippen MR) is 145 cm³/mol. The Kier molecular flexibility index (Phi) is 7.12. The second kappa shape index (κ2) is 10.1. The number of aliphatic hydroxyl groups is 1. The quantitative estimate of drug-likeness (QED) is 0.249. The summed E-state index contributed by atoms with van der Waals surface area (Å²) in [5, 5.41) is 11.4. The van der Waals surface area contributed by atoms with Crippen molar-refractivity contribution in [3.05, 3.63) is 94.6 Å². The topological polar surface area (TPSA) is 76.1 Å². The van der Waals surface area contributed by atoms with Crippen LogP contribution in [0.4, 0.5) is 5.69 Å². The van der Waals surface area contributed by atoms with Crippen LogP contribution in [0.3, 0.4) is 0 Å². The maximum Gasteiger partial charge on any atom is 0.300 e. The average molecular weight is 500 g/mol. The third kappa shape index (κ3) is 4.84. The van der Waals surface area contributed by atoms with Crippen molar-refractivity contribution in [1.82, 2.24) is 0 Å². The van der Waals surface area contributed by atoms with E-state index in [0.717, 1.165) is 23.1 Å². The SMILES string of the molecule is CCc1ccc(C2/C(=C(/O)c3ccc(OC)c(OC)c3)C(=O)C(=O)N2c2ccc(C(C)(C)C)cc2)cc1. The molecule has 0 radical (unpaired) electrons. The van der Waals surface area contributed by atoms with Crippen LogP contribution in [0.5, 0.6) is 11.5 Å². The standard InChI is InChI=1S/C31H33NO5/c1-7-19-8-10-20(11-9-19)27-26(28(33)21-12-17-24(36-5)25(18-21)37-6)29(34)30(35)32(27)23-15-13-22(14-16-23)31(2,3)4/h8-18,27,33H,7H2,1-6H3/b28-26-. The van der Waals surface area contributed by atoms with Crippen LogP contribution in [-0.4, -0.2) is 31.0 Å². The van der Waals surface area contributed by atoms with Crippen molar-refractivity contribution in [1.29, 1.82) is 0 Å². The van der Waals surface area contributed by atoms with E-state index in [2.05, 4.69) is 27.7 Å². The van der Waals surface area contributed by atoms with E-state index < -0.39 is 17.7 Å². The highest BCUT2D eigenvalue weighted by Crippen LogP contribution is 2.43. The molecule has 0 saturated carbocycles. The third-order valence-corrected chi connectivity index (χ3v) is 6.82. The fourth-order valence-corrected chi connectivity index (χ4v) is 4.61. The molecule has 0 spiro atoms. The molecular weight excluding hydrogens is 466 g/mol. The van der Waals surface area contributed by atoms with Gasteiger partial charge in [-0.1, -0.05) is 64.1 Å². The number of carbonyl (C=O) groups excluding carboxylic acids is 2. The number of hydrogen-bond acceptors (Lipinski definition) is 5. The maximum absolute atomic E-state index is 13.5. The summed E-state index contributed by atoms with van der Waals surface area (Å²) < 4.78 is 10.7. The van der Waals surface area contributed by atoms with Crippen molar-refractivity contribution >= 4 is 23.1 Å². The van der Waals surface area contributed by atoms with Crippen molar-refractivity contribution < 1.29 is 24.2 Å². The van der Waals surface area contributed by atoms with Crippen LogP contribution in [0.25, 0.3) is 5.76 Å². The maximum atomic E-state index is 13.5. The summed E-state index contributed by atoms with van der Waals surface area (Å²) in [6, 6.07) is 19.5. The lowest BCUT2D eigenvalue weighted by molar-refractivity contribution is -0.132. The summed E-state index contributed by atoms with van der Waals surface area (Å²) in [6.45, 7) is 8.42. The molecule has 1 saturated heterocycles. The minimum absolute atomic E-state index is 0.0290. The Morgan fingerprint density at radius 1 is 0.892 bits per heavy atom. The van der Waals surface area contributed by atoms with E-state index in [0.29, 0.717) is 22.7 Å². The Labute approximate surface area is 218 Å². The average Bonchev–Trinajstić information content (AvgIpc) is 3.17. The molecule has 1 fully saturated rings. The fourth-order valence-electron chi connectivity index (χ4n) is 4.61. The first-order valence-electron chi connectivity index (χ1n) is 12.3. The Bertz CT molecular complexity index is 1350. The van der Waals surface area contributed by atoms with Crippen molar-refractivity contribution in [2.45, 2.75) is 45.6 Å². The number of rotatable bonds is 6. The lowest BCUT2D eigenvalue weighted by Gasteiger charge is -2.27. The van der Waals surface area contributed by atoms with E-state index in [4.69, 9.17) is 9.47 Å². The first kappa shape index (κ1) is 26.0. The van der Waals surface area contributed by atoms with Gasteiger partial charge in [-0.25, -0.2) is 0 Å². The number of nitrogens with zero attached hydrogens (tertiary/aromatic N) is 1. The monoisotopic (exact) mass is 499 g/mol. The van der Waals surface area contributed by atoms with Gasteiger partial charge in [-0.2, -0.15) is 0 Å². The highest BCUT2D eigenvalue weighted by molar-refractivity contribution is 6.51. The molecule has 6 heteroatoms. The van der Waals surface area contributed by atoms with Crippen LogP contribution < -0.4 is 14.4 Å². The Hall–Kier alpha value is -4.06. The zero-order valence-electron chi connectivity index (χ0n) is 22.2. The molecule has 1 aliphatic heterocycles. The molecule has 0 aliphatic carbocycles. The number of ketones is 1. The minimum atomic E-state index is -0.792. The third-order valence-electron chi connectivity index (χ3n) is 6.82. The number of hydrogen-bond donors (Lipinski definition) is 1. The summed E-state index contributed by atoms with van der Waals surface area (Å²) >= 11 is 0. The number of Topliss-reactive ketones (excluding diaryl/α,β-unsaturated/α-hetero) is 1. The van der Waals surface area contributed by atoms with Gasteiger partial charge in [0.15, 0.2) is 11.5 Å². The molecule has 192 valence electrons. The van der Waals surface area contributed by atoms with Gasteiger partial charge in [0, 0.05) is 11.3 Å². The summed E-state index contributed by atoms with van der Waals surface area (Å²) in [7, 11) is 3.02. The number of aryl methyl sites for hydroxylation is 1. The van der Waals surface area contributed by atoms with Gasteiger partial charge in [0.05, 0.1) is 25.8 Å². The van der Waals surface area contributed by atoms with Crippen LogP contribution in [0.1, 0.15) is 56.0 Å². The van der Waals surface area contributed by atoms with Gasteiger partial charge in [-0.3, -0.25) is 14.5 Å². The number of benzene rings is 3. The molecule has 3 aromatic rings. The molecule has 1 N–H and O–H groups in total. The highest BCUT2D eigenvalue weighted by Gasteiger charge is 2.47. The Morgan fingerprint density at radius 3 is 2.05 bits per heavy atom. The van der Waals surface area contributed by atoms with Gasteiger partial charge in [0.25, 0.3) is 11.7 Å². The van der Waals surface area contributed by atoms with E-state index in [1.807, 2.05) is 48.5 Å². The molecular formula is C31H33NO5. The van der Waals surface area contributed by atoms with Gasteiger partial charge in [-0.15, -0.1) is 0 Å². The summed E-state index contributed by atoms with van der Waals surface area (Å²) in [5.74, 6) is -0.794. The largest absolute Gasteiger partial charge is 0.507 e. The first-order valence-corrected chi connectivity index (χ1v) is 12.3. The van der Waals surface area contributed by atoms with Gasteiger partial charge < -0.3 is 14.6 Å². The van der Waals surface area contributed by atoms with E-state index in [1.165, 1.54) is 19.1 Å². The number of aliphatic hydroxyl groups excluding tert-OH is 1. The molecule has 0 aromatic heterocycles. The lowest BCUT2D eigenvalue weighted by atomic mass is 9.87. The lowest BCUT2D eigenvalue weighted by Crippen LogP contribution is -2.29. The second-order valence-electron chi connectivity index (χ2n) is 10.1. The van der Waals surface area contributed by atoms with E-state index in [1.54, 1.807) is 18.2 Å². The van der Waals surface area contributed by atoms with Gasteiger partial charge in [0.2, 0.25) is 0 Å². The predicted octanol–water partition coefficient (Wildman–Crippen LogP) is 6.19. The molecule has 1 unspecified atom stereocenters. The molecule has 6 nitrogen and oxygen atoms in total. The van der Waals surface area contributed by atoms with Crippen LogP contribution in [0.15, 0.2) is 72.3 Å². The second-order valence-corrected chi connectivity index (χ2v) is 10.1. The first-order chi connectivity index (χ1) is 17.6. The van der Waals surface area contributed by atoms with Gasteiger partial charge >= 0.3 is 0 Å². The molecule has 4 rings (SSSR count). The van der Waals surface area contributed by atoms with E-state index >= 15 is 0 Å². The van der Waals surface area contributed by atoms with Gasteiger partial charge in [0.1, 0.15) is 5.76 Å². The molecule has 0 bridgehead atoms. The molecule has 1 atom stereocenters. The Morgan fingerprint density at radius 2 is 1.51 bits per heavy atom. The number of methoxy groups -OCH3 is 2. The number of ether oxygens (including phenoxy) is 2. The van der Waals surface area contributed by atoms with Crippen molar-refractivity contribution in [2.75, 3.05) is 19.1 Å². The zero-order chi connectivity index (χ0) is 26.9. The van der Waals surface area contributed by atoms with Crippen molar-refractivity contribution in [2.24, 2.45) is 0 Å². The van der Waals surface area contributed by atoms with Crippen molar-refractivity contribution in [3.63, 3.8) is 0 Å². The number of carbonyl (C=O) groups is 2. The van der Waals surface area contributed by atoms with E-state index in [-0.39, 0.29) is 16.7 Å². The highest BCUT2D eigenvalue weighted by atomic mass is 16.5. The molecule has 1 amide bonds. The fraction of sp³-hybridized carbons (Fsp3) is 0.290. The van der Waals surface area contributed by atoms with E-state index in [9.17, 15) is 14.7 Å². The van der Waals surface area contributed by atoms with Crippen LogP contribution >= 0.6 is 0 Å². The van der Waals surface area contributed by atoms with Crippen LogP contribution in [0, 0.1) is 0 Å². The zero-order valence-corrected chi connectivity index (χ0v) is 22.2. The van der Waals surface area contributed by atoms with Crippen LogP contribution in [-0.2, 0) is 21.4 Å². The molecule has 1 heterocycles. The number of amides is 1. The van der Waals surface area contributed by atoms with Crippen molar-refractivity contribution in [3.8, 4) is 11.5 Å². The normalized spacial score (nSPS) is 17.2. The summed E-state index contributed by atoms with van der Waals surface area (Å²) in [6.07, 6.45) is 0.861. The minimum Gasteiger partial charge on any atom is -0.507 e. The van der Waals surface area contributed by atoms with Gasteiger partial charge in [-0.05, 0) is 58.9 Å². The number of anilines is 1. The molecule has 37 heavy (non-hydrogen) atoms. The summed E-state index contributed by atoms with van der Waals surface area (Å²) in [5.41, 5.74) is 3.90. The molecule has 3 aromatic carbocycles. The smallest absolute Gasteiger partial charge is 0.300 e. The Balaban J connectivity index is 1.90. The van der Waals surface area contributed by atoms with Crippen LogP contribution in [0.2, 0.25) is 0 Å².